The molecule has 166 valence electrons. The summed E-state index contributed by atoms with van der Waals surface area (Å²) in [6.45, 7) is 0.641. The zero-order valence-electron chi connectivity index (χ0n) is 16.5. The second kappa shape index (κ2) is 11.7. The molecular weight excluding hydrogens is 530 g/mol. The van der Waals surface area contributed by atoms with Gasteiger partial charge in [0.25, 0.3) is 0 Å². The van der Waals surface area contributed by atoms with E-state index in [-0.39, 0.29) is 36.6 Å². The van der Waals surface area contributed by atoms with Crippen LogP contribution in [0, 0.1) is 0 Å². The van der Waals surface area contributed by atoms with Gasteiger partial charge in [0.05, 0.1) is 6.54 Å². The van der Waals surface area contributed by atoms with Gasteiger partial charge < -0.3 is 15.4 Å². The van der Waals surface area contributed by atoms with Gasteiger partial charge in [-0.25, -0.2) is 9.97 Å². The number of nitrogens with zero attached hydrogens (tertiary/aromatic N) is 3. The maximum absolute atomic E-state index is 12.6. The molecule has 1 aliphatic carbocycles. The molecule has 30 heavy (non-hydrogen) atoms. The highest BCUT2D eigenvalue weighted by molar-refractivity contribution is 14.0. The number of ether oxygens (including phenoxy) is 1. The van der Waals surface area contributed by atoms with E-state index in [4.69, 9.17) is 4.74 Å². The molecule has 0 amide bonds. The highest BCUT2D eigenvalue weighted by atomic mass is 127. The molecule has 6 nitrogen and oxygen atoms in total. The van der Waals surface area contributed by atoms with Crippen LogP contribution >= 0.6 is 35.3 Å². The molecule has 1 fully saturated rings. The predicted molar refractivity (Wildman–Crippen MR) is 121 cm³/mol. The fourth-order valence-corrected chi connectivity index (χ4v) is 3.81. The molecule has 0 aliphatic heterocycles. The smallest absolute Gasteiger partial charge is 0.434 e. The number of nitrogens with one attached hydrogen (secondary N) is 2. The van der Waals surface area contributed by atoms with E-state index < -0.39 is 11.9 Å². The van der Waals surface area contributed by atoms with Crippen LogP contribution in [0.25, 0.3) is 0 Å². The number of rotatable bonds is 6. The number of aromatic nitrogens is 2. The number of pyridine rings is 1. The highest BCUT2D eigenvalue weighted by Gasteiger charge is 2.33. The Hall–Kier alpha value is -1.63. The summed E-state index contributed by atoms with van der Waals surface area (Å²) in [4.78, 5) is 12.0. The van der Waals surface area contributed by atoms with E-state index >= 15 is 0 Å². The number of thiazole rings is 1. The molecule has 0 aromatic carbocycles. The van der Waals surface area contributed by atoms with E-state index in [0.717, 1.165) is 35.1 Å². The first kappa shape index (κ1) is 24.6. The van der Waals surface area contributed by atoms with Crippen molar-refractivity contribution in [1.29, 1.82) is 0 Å². The summed E-state index contributed by atoms with van der Waals surface area (Å²) in [7, 11) is 1.60. The normalized spacial score (nSPS) is 15.4. The molecule has 2 aromatic rings. The van der Waals surface area contributed by atoms with Crippen molar-refractivity contribution in [3.8, 4) is 5.88 Å². The van der Waals surface area contributed by atoms with E-state index in [1.54, 1.807) is 13.2 Å². The fourth-order valence-electron chi connectivity index (χ4n) is 3.07. The Labute approximate surface area is 194 Å². The van der Waals surface area contributed by atoms with E-state index in [2.05, 4.69) is 25.6 Å². The second-order valence-corrected chi connectivity index (χ2v) is 7.73. The van der Waals surface area contributed by atoms with Crippen molar-refractivity contribution >= 4 is 41.3 Å². The molecule has 0 spiro atoms. The van der Waals surface area contributed by atoms with Gasteiger partial charge in [-0.05, 0) is 37.3 Å². The van der Waals surface area contributed by atoms with Crippen molar-refractivity contribution in [2.24, 2.45) is 4.99 Å². The minimum absolute atomic E-state index is 0. The summed E-state index contributed by atoms with van der Waals surface area (Å²) in [6.07, 6.45) is 3.29. The van der Waals surface area contributed by atoms with Crippen LogP contribution < -0.4 is 15.4 Å². The Morgan fingerprint density at radius 1 is 1.23 bits per heavy atom. The van der Waals surface area contributed by atoms with E-state index in [1.807, 2.05) is 12.1 Å². The lowest BCUT2D eigenvalue weighted by molar-refractivity contribution is -0.140. The van der Waals surface area contributed by atoms with Crippen LogP contribution in [-0.4, -0.2) is 29.1 Å². The van der Waals surface area contributed by atoms with Gasteiger partial charge in [0.15, 0.2) is 11.7 Å². The molecule has 0 saturated heterocycles. The predicted octanol–water partition coefficient (Wildman–Crippen LogP) is 4.75. The Bertz CT molecular complexity index is 824. The highest BCUT2D eigenvalue weighted by Crippen LogP contribution is 2.30. The molecule has 1 aliphatic rings. The van der Waals surface area contributed by atoms with Crippen molar-refractivity contribution in [2.45, 2.75) is 57.5 Å². The Morgan fingerprint density at radius 3 is 2.63 bits per heavy atom. The van der Waals surface area contributed by atoms with Crippen LogP contribution in [0.1, 0.15) is 48.4 Å². The number of alkyl halides is 3. The van der Waals surface area contributed by atoms with Gasteiger partial charge in [0.1, 0.15) is 11.1 Å². The largest absolute Gasteiger partial charge is 0.474 e. The monoisotopic (exact) mass is 555 g/mol. The first-order valence-electron chi connectivity index (χ1n) is 9.52. The van der Waals surface area contributed by atoms with Crippen molar-refractivity contribution in [2.75, 3.05) is 7.05 Å². The van der Waals surface area contributed by atoms with E-state index in [0.29, 0.717) is 23.4 Å². The van der Waals surface area contributed by atoms with E-state index in [9.17, 15) is 13.2 Å². The average Bonchev–Trinajstić information content (AvgIpc) is 3.19. The third-order valence-corrected chi connectivity index (χ3v) is 5.42. The number of hydrogen-bond acceptors (Lipinski definition) is 5. The van der Waals surface area contributed by atoms with Gasteiger partial charge >= 0.3 is 6.18 Å². The van der Waals surface area contributed by atoms with E-state index in [1.165, 1.54) is 19.3 Å². The molecule has 2 heterocycles. The molecule has 2 N–H and O–H groups in total. The minimum Gasteiger partial charge on any atom is -0.474 e. The van der Waals surface area contributed by atoms with Crippen molar-refractivity contribution < 1.29 is 17.9 Å². The zero-order valence-corrected chi connectivity index (χ0v) is 19.7. The summed E-state index contributed by atoms with van der Waals surface area (Å²) >= 11 is 0.961. The van der Waals surface area contributed by atoms with Gasteiger partial charge in [-0.15, -0.1) is 35.3 Å². The molecule has 0 radical (unpaired) electrons. The summed E-state index contributed by atoms with van der Waals surface area (Å²) < 4.78 is 43.9. The molecule has 0 bridgehead atoms. The molecule has 11 heteroatoms. The summed E-state index contributed by atoms with van der Waals surface area (Å²) in [5.41, 5.74) is 0.104. The molecule has 0 unspecified atom stereocenters. The number of halogens is 4. The standard InChI is InChI=1S/C19H24F3N5OS.HI/c1-23-18(26-11-17-27-15(12-29-17)19(20,21)22)25-10-13-7-8-24-16(9-13)28-14-5-3-2-4-6-14;/h7-9,12,14H,2-6,10-11H2,1H3,(H2,23,25,26);1H. The van der Waals surface area contributed by atoms with Crippen LogP contribution in [0.4, 0.5) is 13.2 Å². The number of aliphatic imine (C=N–C) groups is 1. The van der Waals surface area contributed by atoms with Crippen LogP contribution in [0.3, 0.4) is 0 Å². The topological polar surface area (TPSA) is 71.4 Å². The number of hydrogen-bond donors (Lipinski definition) is 2. The Morgan fingerprint density at radius 2 is 1.97 bits per heavy atom. The molecule has 0 atom stereocenters. The minimum atomic E-state index is -4.42. The maximum Gasteiger partial charge on any atom is 0.434 e. The van der Waals surface area contributed by atoms with Crippen LogP contribution in [-0.2, 0) is 19.3 Å². The number of guanidine groups is 1. The van der Waals surface area contributed by atoms with Crippen LogP contribution in [0.5, 0.6) is 5.88 Å². The Balaban J connectivity index is 0.00000320. The van der Waals surface area contributed by atoms with Crippen molar-refractivity contribution in [1.82, 2.24) is 20.6 Å². The summed E-state index contributed by atoms with van der Waals surface area (Å²) in [5, 5.41) is 7.46. The lowest BCUT2D eigenvalue weighted by Crippen LogP contribution is -2.36. The van der Waals surface area contributed by atoms with Gasteiger partial charge in [-0.2, -0.15) is 13.2 Å². The van der Waals surface area contributed by atoms with Crippen LogP contribution in [0.2, 0.25) is 0 Å². The van der Waals surface area contributed by atoms with Crippen LogP contribution in [0.15, 0.2) is 28.7 Å². The van der Waals surface area contributed by atoms with Gasteiger partial charge in [-0.1, -0.05) is 6.42 Å². The average molecular weight is 555 g/mol. The quantitative estimate of drug-likeness (QED) is 0.306. The molecule has 3 rings (SSSR count). The van der Waals surface area contributed by atoms with Gasteiger partial charge in [0, 0.05) is 31.2 Å². The van der Waals surface area contributed by atoms with Gasteiger partial charge in [-0.3, -0.25) is 4.99 Å². The van der Waals surface area contributed by atoms with Gasteiger partial charge in [0.2, 0.25) is 5.88 Å². The maximum atomic E-state index is 12.6. The van der Waals surface area contributed by atoms with Crippen molar-refractivity contribution in [3.63, 3.8) is 0 Å². The fraction of sp³-hybridized carbons (Fsp3) is 0.526. The molecular formula is C19H25F3IN5OS. The van der Waals surface area contributed by atoms with Crippen molar-refractivity contribution in [3.05, 3.63) is 40.0 Å². The lowest BCUT2D eigenvalue weighted by Gasteiger charge is -2.22. The third-order valence-electron chi connectivity index (χ3n) is 4.57. The summed E-state index contributed by atoms with van der Waals surface area (Å²) in [5.74, 6) is 1.09. The second-order valence-electron chi connectivity index (χ2n) is 6.78. The zero-order chi connectivity index (χ0) is 20.7. The SMILES string of the molecule is CN=C(NCc1ccnc(OC2CCCCC2)c1)NCc1nc(C(F)(F)F)cs1.I. The molecule has 1 saturated carbocycles. The Kier molecular flexibility index (Phi) is 9.59. The summed E-state index contributed by atoms with van der Waals surface area (Å²) in [6, 6.07) is 3.77. The third kappa shape index (κ3) is 7.56. The lowest BCUT2D eigenvalue weighted by atomic mass is 9.98. The first-order chi connectivity index (χ1) is 13.9. The molecule has 2 aromatic heterocycles. The first-order valence-corrected chi connectivity index (χ1v) is 10.4.